The zero-order chi connectivity index (χ0) is 20.2. The van der Waals surface area contributed by atoms with Crippen molar-refractivity contribution in [2.24, 2.45) is 5.73 Å². The quantitative estimate of drug-likeness (QED) is 0.186. The van der Waals surface area contributed by atoms with Crippen molar-refractivity contribution >= 4 is 45.4 Å². The number of nitrogens with one attached hydrogen (secondary N) is 2. The lowest BCUT2D eigenvalue weighted by atomic mass is 9.99. The highest BCUT2D eigenvalue weighted by molar-refractivity contribution is 8.00. The van der Waals surface area contributed by atoms with Crippen molar-refractivity contribution in [2.45, 2.75) is 10.3 Å². The number of amidine groups is 1. The van der Waals surface area contributed by atoms with Gasteiger partial charge >= 0.3 is 0 Å². The number of hydrogen-bond acceptors (Lipinski definition) is 6. The summed E-state index contributed by atoms with van der Waals surface area (Å²) in [5.74, 6) is 0.0957. The second-order valence-electron chi connectivity index (χ2n) is 6.37. The Morgan fingerprint density at radius 1 is 1.07 bits per heavy atom. The van der Waals surface area contributed by atoms with E-state index in [1.807, 2.05) is 24.5 Å². The number of rotatable bonds is 7. The molecule has 0 saturated carbocycles. The zero-order valence-electron chi connectivity index (χ0n) is 15.8. The van der Waals surface area contributed by atoms with Crippen LogP contribution in [0.4, 0.5) is 5.13 Å². The highest BCUT2D eigenvalue weighted by Gasteiger charge is 2.18. The molecule has 4 rings (SSSR count). The van der Waals surface area contributed by atoms with Crippen LogP contribution in [0.5, 0.6) is 0 Å². The fourth-order valence-electron chi connectivity index (χ4n) is 3.07. The van der Waals surface area contributed by atoms with E-state index in [-0.39, 0.29) is 11.9 Å². The van der Waals surface area contributed by atoms with E-state index in [2.05, 4.69) is 59.2 Å². The number of nitrogens with two attached hydrogens (primary N) is 1. The number of benzene rings is 2. The summed E-state index contributed by atoms with van der Waals surface area (Å²) in [5, 5.41) is 14.2. The molecule has 0 aliphatic heterocycles. The van der Waals surface area contributed by atoms with Gasteiger partial charge in [-0.25, -0.2) is 4.98 Å². The predicted octanol–water partition coefficient (Wildman–Crippen LogP) is 6.08. The first kappa shape index (κ1) is 19.7. The molecule has 0 unspecified atom stereocenters. The minimum atomic E-state index is 0.0201. The summed E-state index contributed by atoms with van der Waals surface area (Å²) in [5.41, 5.74) is 10.0. The average Bonchev–Trinajstić information content (AvgIpc) is 3.40. The Morgan fingerprint density at radius 2 is 1.69 bits per heavy atom. The summed E-state index contributed by atoms with van der Waals surface area (Å²) in [6.45, 7) is 0. The Morgan fingerprint density at radius 3 is 2.24 bits per heavy atom. The molecule has 2 aromatic carbocycles. The number of nitrogen functional groups attached to an aromatic ring is 1. The highest BCUT2D eigenvalue weighted by Crippen LogP contribution is 2.39. The third-order valence-corrected chi connectivity index (χ3v) is 7.54. The molecule has 0 fully saturated rings. The van der Waals surface area contributed by atoms with Crippen LogP contribution in [0.3, 0.4) is 0 Å². The van der Waals surface area contributed by atoms with E-state index < -0.39 is 0 Å². The first-order valence-electron chi connectivity index (χ1n) is 9.00. The summed E-state index contributed by atoms with van der Waals surface area (Å²) < 4.78 is 1.12. The average molecular weight is 437 g/mol. The van der Waals surface area contributed by atoms with E-state index in [0.717, 1.165) is 25.5 Å². The Kier molecular flexibility index (Phi) is 5.99. The van der Waals surface area contributed by atoms with E-state index in [9.17, 15) is 0 Å². The van der Waals surface area contributed by atoms with Crippen molar-refractivity contribution in [3.63, 3.8) is 0 Å². The highest BCUT2D eigenvalue weighted by atomic mass is 32.2. The Labute approximate surface area is 182 Å². The van der Waals surface area contributed by atoms with Crippen molar-refractivity contribution in [1.82, 2.24) is 4.98 Å². The van der Waals surface area contributed by atoms with Gasteiger partial charge in [0.2, 0.25) is 0 Å². The van der Waals surface area contributed by atoms with Crippen LogP contribution in [-0.2, 0) is 0 Å². The summed E-state index contributed by atoms with van der Waals surface area (Å²) in [4.78, 5) is 5.62. The van der Waals surface area contributed by atoms with Gasteiger partial charge in [0.25, 0.3) is 0 Å². The molecule has 0 amide bonds. The number of thioether (sulfide) groups is 1. The van der Waals surface area contributed by atoms with Gasteiger partial charge in [-0.15, -0.1) is 34.4 Å². The molecule has 4 nitrogen and oxygen atoms in total. The van der Waals surface area contributed by atoms with Gasteiger partial charge in [0, 0.05) is 10.9 Å². The molecule has 0 atom stereocenters. The largest absolute Gasteiger partial charge is 0.383 e. The van der Waals surface area contributed by atoms with Crippen molar-refractivity contribution in [1.29, 1.82) is 5.41 Å². The van der Waals surface area contributed by atoms with Crippen LogP contribution in [0.2, 0.25) is 0 Å². The Bertz CT molecular complexity index is 1060. The Balaban J connectivity index is 1.66. The second kappa shape index (κ2) is 8.82. The number of aromatic nitrogens is 1. The zero-order valence-corrected chi connectivity index (χ0v) is 18.2. The molecule has 2 heterocycles. The van der Waals surface area contributed by atoms with Crippen LogP contribution < -0.4 is 11.1 Å². The van der Waals surface area contributed by atoms with Gasteiger partial charge in [-0.3, -0.25) is 5.41 Å². The Hall–Kier alpha value is -2.61. The predicted molar refractivity (Wildman–Crippen MR) is 127 cm³/mol. The fraction of sp³-hybridized carbons (Fsp3) is 0.0909. The smallest absolute Gasteiger partial charge is 0.183 e. The maximum Gasteiger partial charge on any atom is 0.183 e. The first-order chi connectivity index (χ1) is 14.2. The lowest BCUT2D eigenvalue weighted by Gasteiger charge is -2.19. The number of thiazole rings is 1. The third-order valence-electron chi connectivity index (χ3n) is 4.46. The molecule has 4 aromatic rings. The molecule has 2 aromatic heterocycles. The van der Waals surface area contributed by atoms with E-state index in [1.54, 1.807) is 23.1 Å². The molecular formula is C22H20N4S3. The van der Waals surface area contributed by atoms with Gasteiger partial charge in [0.1, 0.15) is 5.84 Å². The van der Waals surface area contributed by atoms with Crippen LogP contribution >= 0.6 is 34.4 Å². The van der Waals surface area contributed by atoms with Gasteiger partial charge in [-0.05, 0) is 23.4 Å². The normalized spacial score (nSPS) is 11.0. The lowest BCUT2D eigenvalue weighted by molar-refractivity contribution is 0.935. The fourth-order valence-corrected chi connectivity index (χ4v) is 5.56. The minimum absolute atomic E-state index is 0.0201. The molecule has 0 spiro atoms. The van der Waals surface area contributed by atoms with Crippen molar-refractivity contribution in [2.75, 3.05) is 11.6 Å². The van der Waals surface area contributed by atoms with Gasteiger partial charge in [-0.2, -0.15) is 0 Å². The molecule has 0 bridgehead atoms. The van der Waals surface area contributed by atoms with Crippen molar-refractivity contribution in [3.8, 4) is 11.3 Å². The van der Waals surface area contributed by atoms with E-state index in [0.29, 0.717) is 0 Å². The third kappa shape index (κ3) is 4.37. The van der Waals surface area contributed by atoms with Crippen LogP contribution in [0.1, 0.15) is 22.0 Å². The van der Waals surface area contributed by atoms with Gasteiger partial charge in [0.15, 0.2) is 5.13 Å². The second-order valence-corrected chi connectivity index (χ2v) is 9.35. The standard InChI is InChI=1S/C22H20N4S3/c1-27-21-16(12-18(29-21)20(23)24)17-13-28-22(25-17)26-19(14-8-4-2-5-9-14)15-10-6-3-7-11-15/h2-13,19H,1H3,(H3,23,24)(H,25,26). The van der Waals surface area contributed by atoms with Crippen molar-refractivity contribution in [3.05, 3.63) is 88.1 Å². The summed E-state index contributed by atoms with van der Waals surface area (Å²) >= 11 is 4.78. The molecule has 146 valence electrons. The SMILES string of the molecule is CSc1sc(C(=N)N)cc1-c1csc(NC(c2ccccc2)c2ccccc2)n1. The molecule has 0 aliphatic rings. The first-order valence-corrected chi connectivity index (χ1v) is 11.9. The van der Waals surface area contributed by atoms with Crippen LogP contribution in [0, 0.1) is 5.41 Å². The number of thiophene rings is 1. The summed E-state index contributed by atoms with van der Waals surface area (Å²) in [6.07, 6.45) is 2.03. The summed E-state index contributed by atoms with van der Waals surface area (Å²) in [6, 6.07) is 22.8. The van der Waals surface area contributed by atoms with Crippen LogP contribution in [0.25, 0.3) is 11.3 Å². The molecular weight excluding hydrogens is 416 g/mol. The number of hydrogen-bond donors (Lipinski definition) is 3. The maximum atomic E-state index is 7.72. The molecule has 0 radical (unpaired) electrons. The summed E-state index contributed by atoms with van der Waals surface area (Å²) in [7, 11) is 0. The van der Waals surface area contributed by atoms with E-state index in [4.69, 9.17) is 16.1 Å². The monoisotopic (exact) mass is 436 g/mol. The van der Waals surface area contributed by atoms with E-state index >= 15 is 0 Å². The van der Waals surface area contributed by atoms with E-state index in [1.165, 1.54) is 22.5 Å². The molecule has 0 saturated heterocycles. The molecule has 7 heteroatoms. The molecule has 4 N–H and O–H groups in total. The van der Waals surface area contributed by atoms with Gasteiger partial charge in [-0.1, -0.05) is 60.7 Å². The molecule has 29 heavy (non-hydrogen) atoms. The minimum Gasteiger partial charge on any atom is -0.383 e. The van der Waals surface area contributed by atoms with Crippen molar-refractivity contribution < 1.29 is 0 Å². The van der Waals surface area contributed by atoms with Gasteiger partial charge < -0.3 is 11.1 Å². The van der Waals surface area contributed by atoms with Gasteiger partial charge in [0.05, 0.1) is 20.8 Å². The topological polar surface area (TPSA) is 74.8 Å². The van der Waals surface area contributed by atoms with Crippen LogP contribution in [0.15, 0.2) is 76.3 Å². The lowest BCUT2D eigenvalue weighted by Crippen LogP contribution is -2.12. The van der Waals surface area contributed by atoms with Crippen LogP contribution in [-0.4, -0.2) is 17.1 Å². The number of nitrogens with zero attached hydrogens (tertiary/aromatic N) is 1. The molecule has 0 aliphatic carbocycles. The number of anilines is 1. The maximum absolute atomic E-state index is 7.72.